The SMILES string of the molecule is [C-]#[N+]C1=C[C@]2(C)C3=CC(=O)[C]4[C]5CC(C)(C)CC[C@]5(c5nnc(C)o5)CC[C@@]4(C)[C@]3(C)CC[C@H]2C(C)(C)C1=O. The molecule has 0 N–H and O–H groups in total. The van der Waals surface area contributed by atoms with Gasteiger partial charge in [-0.2, -0.15) is 0 Å². The minimum absolute atomic E-state index is 0.0468. The smallest absolute Gasteiger partial charge is 0.226 e. The number of nitrogens with zero attached hydrogens (tertiary/aromatic N) is 3. The number of carbonyl (C=O) groups excluding carboxylic acids is 2. The predicted molar refractivity (Wildman–Crippen MR) is 148 cm³/mol. The van der Waals surface area contributed by atoms with E-state index in [0.29, 0.717) is 11.8 Å². The van der Waals surface area contributed by atoms with Crippen LogP contribution in [0, 0.1) is 58.3 Å². The first-order chi connectivity index (χ1) is 18.1. The number of carbonyl (C=O) groups is 2. The normalized spacial score (nSPS) is 41.4. The van der Waals surface area contributed by atoms with Gasteiger partial charge in [-0.1, -0.05) is 60.1 Å². The molecule has 5 aliphatic carbocycles. The van der Waals surface area contributed by atoms with Crippen LogP contribution in [0.5, 0.6) is 0 Å². The molecule has 5 atom stereocenters. The average molecular weight is 528 g/mol. The molecule has 1 aromatic heterocycles. The van der Waals surface area contributed by atoms with Crippen LogP contribution in [0.2, 0.25) is 0 Å². The van der Waals surface area contributed by atoms with Crippen molar-refractivity contribution in [2.45, 2.75) is 106 Å². The second-order valence-corrected chi connectivity index (χ2v) is 15.1. The molecule has 0 saturated heterocycles. The fourth-order valence-electron chi connectivity index (χ4n) is 9.72. The Morgan fingerprint density at radius 2 is 1.64 bits per heavy atom. The maximum Gasteiger partial charge on any atom is 0.226 e. The molecule has 0 amide bonds. The van der Waals surface area contributed by atoms with Crippen LogP contribution in [-0.2, 0) is 15.0 Å². The number of hydrogen-bond acceptors (Lipinski definition) is 5. The van der Waals surface area contributed by atoms with Crippen LogP contribution in [0.15, 0.2) is 27.8 Å². The van der Waals surface area contributed by atoms with E-state index in [9.17, 15) is 9.59 Å². The summed E-state index contributed by atoms with van der Waals surface area (Å²) in [4.78, 5) is 31.5. The molecule has 3 saturated carbocycles. The molecule has 1 aromatic rings. The lowest BCUT2D eigenvalue weighted by atomic mass is 9.34. The third-order valence-electron chi connectivity index (χ3n) is 12.1. The van der Waals surface area contributed by atoms with E-state index in [0.717, 1.165) is 56.4 Å². The molecule has 1 heterocycles. The van der Waals surface area contributed by atoms with Crippen LogP contribution >= 0.6 is 0 Å². The Kier molecular flexibility index (Phi) is 5.33. The van der Waals surface area contributed by atoms with Gasteiger partial charge in [-0.15, -0.1) is 10.2 Å². The van der Waals surface area contributed by atoms with Gasteiger partial charge in [-0.3, -0.25) is 4.79 Å². The summed E-state index contributed by atoms with van der Waals surface area (Å²) in [6.07, 6.45) is 10.1. The molecule has 3 fully saturated rings. The van der Waals surface area contributed by atoms with Gasteiger partial charge < -0.3 is 9.21 Å². The zero-order chi connectivity index (χ0) is 28.4. The molecule has 6 rings (SSSR count). The van der Waals surface area contributed by atoms with Crippen molar-refractivity contribution in [2.75, 3.05) is 0 Å². The highest BCUT2D eigenvalue weighted by Gasteiger charge is 2.71. The van der Waals surface area contributed by atoms with E-state index in [1.54, 1.807) is 0 Å². The fourth-order valence-corrected chi connectivity index (χ4v) is 9.72. The van der Waals surface area contributed by atoms with E-state index >= 15 is 0 Å². The summed E-state index contributed by atoms with van der Waals surface area (Å²) in [6, 6.07) is 0. The predicted octanol–water partition coefficient (Wildman–Crippen LogP) is 7.12. The zero-order valence-electron chi connectivity index (χ0n) is 24.7. The molecule has 0 unspecified atom stereocenters. The Morgan fingerprint density at radius 3 is 2.28 bits per heavy atom. The van der Waals surface area contributed by atoms with Crippen molar-refractivity contribution in [1.82, 2.24) is 10.2 Å². The molecule has 2 radical (unpaired) electrons. The molecule has 5 aliphatic rings. The topological polar surface area (TPSA) is 77.4 Å². The minimum Gasteiger partial charge on any atom is -0.425 e. The van der Waals surface area contributed by atoms with Crippen LogP contribution in [-0.4, -0.2) is 21.8 Å². The molecule has 206 valence electrons. The van der Waals surface area contributed by atoms with E-state index in [-0.39, 0.29) is 44.8 Å². The summed E-state index contributed by atoms with van der Waals surface area (Å²) in [7, 11) is 0. The van der Waals surface area contributed by atoms with Crippen molar-refractivity contribution < 1.29 is 14.0 Å². The highest BCUT2D eigenvalue weighted by Crippen LogP contribution is 2.75. The van der Waals surface area contributed by atoms with Gasteiger partial charge in [0.1, 0.15) is 0 Å². The molecular formula is C33H41N3O3. The van der Waals surface area contributed by atoms with E-state index in [1.807, 2.05) is 32.9 Å². The van der Waals surface area contributed by atoms with Crippen LogP contribution in [0.25, 0.3) is 4.85 Å². The molecule has 39 heavy (non-hydrogen) atoms. The van der Waals surface area contributed by atoms with Crippen molar-refractivity contribution in [1.29, 1.82) is 0 Å². The number of ketones is 2. The average Bonchev–Trinajstić information content (AvgIpc) is 3.29. The van der Waals surface area contributed by atoms with Crippen molar-refractivity contribution >= 4 is 11.6 Å². The van der Waals surface area contributed by atoms with Crippen molar-refractivity contribution in [3.05, 3.63) is 58.5 Å². The van der Waals surface area contributed by atoms with Crippen LogP contribution in [0.1, 0.15) is 105 Å². The van der Waals surface area contributed by atoms with Gasteiger partial charge in [0, 0.05) is 23.7 Å². The highest BCUT2D eigenvalue weighted by molar-refractivity contribution is 6.08. The Balaban J connectivity index is 1.54. The molecule has 0 bridgehead atoms. The maximum atomic E-state index is 14.5. The fraction of sp³-hybridized carbons (Fsp3) is 0.667. The summed E-state index contributed by atoms with van der Waals surface area (Å²) in [6.45, 7) is 25.0. The quantitative estimate of drug-likeness (QED) is 0.364. The molecular weight excluding hydrogens is 486 g/mol. The Morgan fingerprint density at radius 1 is 0.949 bits per heavy atom. The van der Waals surface area contributed by atoms with Gasteiger partial charge in [0.2, 0.25) is 17.5 Å². The summed E-state index contributed by atoms with van der Waals surface area (Å²) >= 11 is 0. The number of allylic oxidation sites excluding steroid dienone is 4. The second-order valence-electron chi connectivity index (χ2n) is 15.1. The van der Waals surface area contributed by atoms with E-state index in [2.05, 4.69) is 49.7 Å². The van der Waals surface area contributed by atoms with Crippen molar-refractivity contribution in [2.24, 2.45) is 33.0 Å². The number of aryl methyl sites for hydroxylation is 1. The maximum absolute atomic E-state index is 14.5. The summed E-state index contributed by atoms with van der Waals surface area (Å²) in [5.41, 5.74) is -0.790. The van der Waals surface area contributed by atoms with Crippen LogP contribution in [0.4, 0.5) is 0 Å². The first kappa shape index (κ1) is 26.7. The number of aromatic nitrogens is 2. The lowest BCUT2D eigenvalue weighted by Gasteiger charge is -2.68. The summed E-state index contributed by atoms with van der Waals surface area (Å²) in [5, 5.41) is 8.74. The second kappa shape index (κ2) is 7.80. The van der Waals surface area contributed by atoms with E-state index < -0.39 is 10.8 Å². The van der Waals surface area contributed by atoms with Gasteiger partial charge in [-0.05, 0) is 73.2 Å². The molecule has 0 aliphatic heterocycles. The Hall–Kier alpha value is -2.55. The number of hydrogen-bond donors (Lipinski definition) is 0. The van der Waals surface area contributed by atoms with Gasteiger partial charge >= 0.3 is 0 Å². The first-order valence-electron chi connectivity index (χ1n) is 14.5. The molecule has 0 aromatic carbocycles. The third kappa shape index (κ3) is 3.19. The standard InChI is InChI=1S/C33H41N3O3/c1-19-35-36-27(39-19)33-14-12-28(2,3)17-20(33)25-22(37)16-24-30(6)18-21(34-9)26(38)29(4,5)23(30)10-11-31(24,7)32(25,8)13-15-33/h16,18,23H,10-15,17H2,1-8H3/t23-,30-,31+,32+,33-/m0/s1. The molecule has 6 nitrogen and oxygen atoms in total. The minimum atomic E-state index is -0.654. The Labute approximate surface area is 232 Å². The number of Topliss-reactive ketones (excluding diaryl/α,β-unsaturated/α-hetero) is 1. The van der Waals surface area contributed by atoms with Crippen molar-refractivity contribution in [3.8, 4) is 0 Å². The first-order valence-corrected chi connectivity index (χ1v) is 14.5. The Bertz CT molecular complexity index is 1390. The number of fused-ring (bicyclic) bond motifs is 7. The van der Waals surface area contributed by atoms with Crippen molar-refractivity contribution in [3.63, 3.8) is 0 Å². The highest BCUT2D eigenvalue weighted by atomic mass is 16.4. The van der Waals surface area contributed by atoms with Gasteiger partial charge in [0.25, 0.3) is 0 Å². The largest absolute Gasteiger partial charge is 0.425 e. The third-order valence-corrected chi connectivity index (χ3v) is 12.1. The van der Waals surface area contributed by atoms with Gasteiger partial charge in [0.15, 0.2) is 11.6 Å². The lowest BCUT2D eigenvalue weighted by Crippen LogP contribution is -2.64. The zero-order valence-corrected chi connectivity index (χ0v) is 24.7. The van der Waals surface area contributed by atoms with E-state index in [1.165, 1.54) is 5.92 Å². The van der Waals surface area contributed by atoms with Gasteiger partial charge in [-0.25, -0.2) is 4.85 Å². The lowest BCUT2D eigenvalue weighted by molar-refractivity contribution is -0.133. The summed E-state index contributed by atoms with van der Waals surface area (Å²) < 4.78 is 6.12. The van der Waals surface area contributed by atoms with Crippen LogP contribution in [0.3, 0.4) is 0 Å². The number of rotatable bonds is 1. The molecule has 6 heteroatoms. The summed E-state index contributed by atoms with van der Waals surface area (Å²) in [5.74, 6) is 3.47. The monoisotopic (exact) mass is 527 g/mol. The van der Waals surface area contributed by atoms with Gasteiger partial charge in [0.05, 0.1) is 17.9 Å². The molecule has 0 spiro atoms. The van der Waals surface area contributed by atoms with Crippen LogP contribution < -0.4 is 0 Å². The van der Waals surface area contributed by atoms with E-state index in [4.69, 9.17) is 11.0 Å².